The van der Waals surface area contributed by atoms with Crippen molar-refractivity contribution >= 4 is 27.4 Å². The molecule has 0 spiro atoms. The molecule has 0 aliphatic carbocycles. The Labute approximate surface area is 131 Å². The minimum Gasteiger partial charge on any atom is -0.486 e. The normalized spacial score (nSPS) is 13.0. The van der Waals surface area contributed by atoms with E-state index in [-0.39, 0.29) is 5.78 Å². The highest BCUT2D eigenvalue weighted by molar-refractivity contribution is 9.10. The quantitative estimate of drug-likeness (QED) is 0.668. The summed E-state index contributed by atoms with van der Waals surface area (Å²) in [4.78, 5) is 12.7. The topological polar surface area (TPSA) is 61.6 Å². The fourth-order valence-electron chi connectivity index (χ4n) is 2.32. The first-order chi connectivity index (χ1) is 10.1. The van der Waals surface area contributed by atoms with Gasteiger partial charge in [-0.2, -0.15) is 0 Å². The minimum absolute atomic E-state index is 0.0728. The molecule has 5 heteroatoms. The van der Waals surface area contributed by atoms with E-state index in [4.69, 9.17) is 15.2 Å². The van der Waals surface area contributed by atoms with Crippen LogP contribution in [0.2, 0.25) is 0 Å². The molecular formula is C16H14BrNO3. The van der Waals surface area contributed by atoms with Crippen molar-refractivity contribution in [1.29, 1.82) is 0 Å². The number of ketones is 1. The van der Waals surface area contributed by atoms with Crippen molar-refractivity contribution in [2.75, 3.05) is 18.9 Å². The first kappa shape index (κ1) is 13.9. The van der Waals surface area contributed by atoms with Gasteiger partial charge in [0.2, 0.25) is 0 Å². The molecule has 0 radical (unpaired) electrons. The molecule has 108 valence electrons. The Hall–Kier alpha value is -2.01. The lowest BCUT2D eigenvalue weighted by Gasteiger charge is -2.19. The van der Waals surface area contributed by atoms with Crippen LogP contribution in [0.15, 0.2) is 34.8 Å². The van der Waals surface area contributed by atoms with Crippen molar-refractivity contribution in [3.8, 4) is 11.5 Å². The first-order valence-electron chi connectivity index (χ1n) is 6.56. The lowest BCUT2D eigenvalue weighted by molar-refractivity contribution is 0.103. The van der Waals surface area contributed by atoms with Crippen molar-refractivity contribution in [3.05, 3.63) is 51.5 Å². The standard InChI is InChI=1S/C16H14BrNO3/c1-9-6-10(18)2-3-11(9)16(19)12-7-14-15(8-13(12)17)21-5-4-20-14/h2-3,6-8H,4-5,18H2,1H3. The highest BCUT2D eigenvalue weighted by Gasteiger charge is 2.20. The molecule has 21 heavy (non-hydrogen) atoms. The van der Waals surface area contributed by atoms with Gasteiger partial charge in [-0.05, 0) is 58.7 Å². The van der Waals surface area contributed by atoms with E-state index in [1.54, 1.807) is 30.3 Å². The number of carbonyl (C=O) groups excluding carboxylic acids is 1. The van der Waals surface area contributed by atoms with Crippen LogP contribution in [0.5, 0.6) is 11.5 Å². The number of hydrogen-bond donors (Lipinski definition) is 1. The lowest BCUT2D eigenvalue weighted by atomic mass is 9.98. The van der Waals surface area contributed by atoms with Gasteiger partial charge in [0.1, 0.15) is 13.2 Å². The summed E-state index contributed by atoms with van der Waals surface area (Å²) in [5, 5.41) is 0. The molecule has 0 aromatic heterocycles. The average molecular weight is 348 g/mol. The van der Waals surface area contributed by atoms with Crippen molar-refractivity contribution in [3.63, 3.8) is 0 Å². The summed E-state index contributed by atoms with van der Waals surface area (Å²) in [6.07, 6.45) is 0. The number of halogens is 1. The molecule has 0 unspecified atom stereocenters. The van der Waals surface area contributed by atoms with E-state index >= 15 is 0 Å². The SMILES string of the molecule is Cc1cc(N)ccc1C(=O)c1cc2c(cc1Br)OCCO2. The number of nitrogen functional groups attached to an aromatic ring is 1. The van der Waals surface area contributed by atoms with Gasteiger partial charge in [-0.15, -0.1) is 0 Å². The molecule has 2 aromatic carbocycles. The molecule has 2 aromatic rings. The molecule has 1 heterocycles. The van der Waals surface area contributed by atoms with Crippen molar-refractivity contribution in [1.82, 2.24) is 0 Å². The predicted molar refractivity (Wildman–Crippen MR) is 84.2 cm³/mol. The average Bonchev–Trinajstić information content (AvgIpc) is 2.46. The Kier molecular flexibility index (Phi) is 3.59. The zero-order valence-electron chi connectivity index (χ0n) is 11.5. The number of nitrogens with two attached hydrogens (primary N) is 1. The monoisotopic (exact) mass is 347 g/mol. The van der Waals surface area contributed by atoms with Crippen LogP contribution in [-0.4, -0.2) is 19.0 Å². The number of anilines is 1. The van der Waals surface area contributed by atoms with Crippen LogP contribution >= 0.6 is 15.9 Å². The molecule has 3 rings (SSSR count). The van der Waals surface area contributed by atoms with Crippen LogP contribution in [0, 0.1) is 6.92 Å². The van der Waals surface area contributed by atoms with Gasteiger partial charge >= 0.3 is 0 Å². The molecule has 1 aliphatic rings. The summed E-state index contributed by atoms with van der Waals surface area (Å²) in [5.41, 5.74) is 8.40. The summed E-state index contributed by atoms with van der Waals surface area (Å²) in [6, 6.07) is 8.76. The molecular weight excluding hydrogens is 334 g/mol. The Morgan fingerprint density at radius 3 is 2.43 bits per heavy atom. The Morgan fingerprint density at radius 1 is 1.10 bits per heavy atom. The van der Waals surface area contributed by atoms with Crippen molar-refractivity contribution < 1.29 is 14.3 Å². The Bertz CT molecular complexity index is 728. The van der Waals surface area contributed by atoms with Gasteiger partial charge in [-0.1, -0.05) is 0 Å². The zero-order chi connectivity index (χ0) is 15.0. The lowest BCUT2D eigenvalue weighted by Crippen LogP contribution is -2.16. The van der Waals surface area contributed by atoms with Gasteiger partial charge in [-0.25, -0.2) is 0 Å². The van der Waals surface area contributed by atoms with Crippen molar-refractivity contribution in [2.24, 2.45) is 0 Å². The predicted octanol–water partition coefficient (Wildman–Crippen LogP) is 3.34. The van der Waals surface area contributed by atoms with E-state index in [1.807, 2.05) is 6.92 Å². The number of aryl methyl sites for hydroxylation is 1. The van der Waals surface area contributed by atoms with Gasteiger partial charge in [0.25, 0.3) is 0 Å². The molecule has 0 saturated heterocycles. The highest BCUT2D eigenvalue weighted by Crippen LogP contribution is 2.36. The Morgan fingerprint density at radius 2 is 1.76 bits per heavy atom. The first-order valence-corrected chi connectivity index (χ1v) is 7.35. The maximum Gasteiger partial charge on any atom is 0.194 e. The molecule has 0 saturated carbocycles. The van der Waals surface area contributed by atoms with Crippen molar-refractivity contribution in [2.45, 2.75) is 6.92 Å². The van der Waals surface area contributed by atoms with Crippen LogP contribution in [0.3, 0.4) is 0 Å². The van der Waals surface area contributed by atoms with Crippen LogP contribution in [0.25, 0.3) is 0 Å². The summed E-state index contributed by atoms with van der Waals surface area (Å²) < 4.78 is 11.7. The summed E-state index contributed by atoms with van der Waals surface area (Å²) in [6.45, 7) is 2.88. The third-order valence-electron chi connectivity index (χ3n) is 3.37. The Balaban J connectivity index is 2.05. The number of benzene rings is 2. The maximum absolute atomic E-state index is 12.7. The molecule has 2 N–H and O–H groups in total. The zero-order valence-corrected chi connectivity index (χ0v) is 13.1. The van der Waals surface area contributed by atoms with E-state index in [1.165, 1.54) is 0 Å². The largest absolute Gasteiger partial charge is 0.486 e. The number of carbonyl (C=O) groups is 1. The summed E-state index contributed by atoms with van der Waals surface area (Å²) in [5.74, 6) is 1.18. The van der Waals surface area contributed by atoms with E-state index < -0.39 is 0 Å². The van der Waals surface area contributed by atoms with Gasteiger partial charge < -0.3 is 15.2 Å². The van der Waals surface area contributed by atoms with Crippen LogP contribution in [0.1, 0.15) is 21.5 Å². The van der Waals surface area contributed by atoms with Crippen LogP contribution < -0.4 is 15.2 Å². The molecule has 0 atom stereocenters. The smallest absolute Gasteiger partial charge is 0.194 e. The number of fused-ring (bicyclic) bond motifs is 1. The second-order valence-corrected chi connectivity index (χ2v) is 5.73. The molecule has 1 aliphatic heterocycles. The van der Waals surface area contributed by atoms with Crippen LogP contribution in [0.4, 0.5) is 5.69 Å². The van der Waals surface area contributed by atoms with E-state index in [2.05, 4.69) is 15.9 Å². The second-order valence-electron chi connectivity index (χ2n) is 4.88. The highest BCUT2D eigenvalue weighted by atomic mass is 79.9. The number of rotatable bonds is 2. The molecule has 0 bridgehead atoms. The number of ether oxygens (including phenoxy) is 2. The molecule has 0 amide bonds. The minimum atomic E-state index is -0.0728. The van der Waals surface area contributed by atoms with Crippen LogP contribution in [-0.2, 0) is 0 Å². The maximum atomic E-state index is 12.7. The van der Waals surface area contributed by atoms with E-state index in [0.29, 0.717) is 46.0 Å². The van der Waals surface area contributed by atoms with Gasteiger partial charge in [0, 0.05) is 21.3 Å². The fourth-order valence-corrected chi connectivity index (χ4v) is 2.83. The summed E-state index contributed by atoms with van der Waals surface area (Å²) >= 11 is 3.43. The van der Waals surface area contributed by atoms with E-state index in [9.17, 15) is 4.79 Å². The molecule has 4 nitrogen and oxygen atoms in total. The third-order valence-corrected chi connectivity index (χ3v) is 4.03. The fraction of sp³-hybridized carbons (Fsp3) is 0.188. The van der Waals surface area contributed by atoms with Gasteiger partial charge in [0.05, 0.1) is 0 Å². The number of hydrogen-bond acceptors (Lipinski definition) is 4. The summed E-state index contributed by atoms with van der Waals surface area (Å²) in [7, 11) is 0. The van der Waals surface area contributed by atoms with Gasteiger partial charge in [0.15, 0.2) is 17.3 Å². The third kappa shape index (κ3) is 2.61. The second kappa shape index (κ2) is 5.41. The van der Waals surface area contributed by atoms with Gasteiger partial charge in [-0.3, -0.25) is 4.79 Å². The molecule has 0 fully saturated rings. The van der Waals surface area contributed by atoms with E-state index in [0.717, 1.165) is 5.56 Å².